The molecule has 0 spiro atoms. The molecule has 1 aromatic rings. The maximum atomic E-state index is 13.8. The number of ether oxygens (including phenoxy) is 1. The topological polar surface area (TPSA) is 49.9 Å². The van der Waals surface area contributed by atoms with Crippen molar-refractivity contribution in [2.24, 2.45) is 0 Å². The monoisotopic (exact) mass is 294 g/mol. The van der Waals surface area contributed by atoms with Crippen LogP contribution >= 0.6 is 0 Å². The van der Waals surface area contributed by atoms with Crippen molar-refractivity contribution >= 4 is 17.6 Å². The summed E-state index contributed by atoms with van der Waals surface area (Å²) < 4.78 is 18.7. The van der Waals surface area contributed by atoms with Crippen molar-refractivity contribution in [1.82, 2.24) is 4.90 Å². The average Bonchev–Trinajstić information content (AvgIpc) is 2.46. The molecule has 1 atom stereocenters. The molecule has 5 nitrogen and oxygen atoms in total. The van der Waals surface area contributed by atoms with E-state index in [2.05, 4.69) is 0 Å². The number of amides is 1. The maximum Gasteiger partial charge on any atom is 0.320 e. The summed E-state index contributed by atoms with van der Waals surface area (Å²) in [7, 11) is 0. The number of benzene rings is 1. The molecule has 1 aromatic carbocycles. The third-order valence-corrected chi connectivity index (χ3v) is 3.56. The fourth-order valence-corrected chi connectivity index (χ4v) is 2.41. The Morgan fingerprint density at radius 2 is 2.10 bits per heavy atom. The standard InChI is InChI=1S/C15H19FN2O3/c1-3-21-14(19)10-17-8-9-18(15(20)11(17)2)13-7-5-4-6-12(13)16/h4-7,11H,3,8-10H2,1-2H3/t11-/m1/s1. The summed E-state index contributed by atoms with van der Waals surface area (Å²) in [4.78, 5) is 27.1. The highest BCUT2D eigenvalue weighted by Gasteiger charge is 2.34. The Morgan fingerprint density at radius 3 is 2.76 bits per heavy atom. The van der Waals surface area contributed by atoms with Crippen molar-refractivity contribution in [3.05, 3.63) is 30.1 Å². The zero-order valence-corrected chi connectivity index (χ0v) is 12.2. The van der Waals surface area contributed by atoms with E-state index < -0.39 is 11.9 Å². The lowest BCUT2D eigenvalue weighted by Gasteiger charge is -2.38. The first-order valence-electron chi connectivity index (χ1n) is 7.00. The van der Waals surface area contributed by atoms with Crippen molar-refractivity contribution in [3.8, 4) is 0 Å². The second-order valence-electron chi connectivity index (χ2n) is 4.89. The lowest BCUT2D eigenvalue weighted by Crippen LogP contribution is -2.57. The number of carbonyl (C=O) groups is 2. The van der Waals surface area contributed by atoms with Gasteiger partial charge in [0.05, 0.1) is 24.9 Å². The first-order chi connectivity index (χ1) is 10.0. The zero-order valence-electron chi connectivity index (χ0n) is 12.2. The van der Waals surface area contributed by atoms with Gasteiger partial charge in [-0.3, -0.25) is 14.5 Å². The Bertz CT molecular complexity index is 535. The summed E-state index contributed by atoms with van der Waals surface area (Å²) in [5.74, 6) is -0.982. The highest BCUT2D eigenvalue weighted by molar-refractivity contribution is 5.98. The molecule has 1 aliphatic heterocycles. The predicted molar refractivity (Wildman–Crippen MR) is 76.4 cm³/mol. The van der Waals surface area contributed by atoms with Crippen molar-refractivity contribution in [2.45, 2.75) is 19.9 Å². The smallest absolute Gasteiger partial charge is 0.320 e. The van der Waals surface area contributed by atoms with E-state index in [-0.39, 0.29) is 24.1 Å². The third kappa shape index (κ3) is 3.39. The van der Waals surface area contributed by atoms with Gasteiger partial charge in [-0.1, -0.05) is 12.1 Å². The van der Waals surface area contributed by atoms with Gasteiger partial charge < -0.3 is 9.64 Å². The molecule has 6 heteroatoms. The number of para-hydroxylation sites is 1. The van der Waals surface area contributed by atoms with Crippen LogP contribution < -0.4 is 4.90 Å². The summed E-state index contributed by atoms with van der Waals surface area (Å²) >= 11 is 0. The van der Waals surface area contributed by atoms with Crippen LogP contribution in [0.1, 0.15) is 13.8 Å². The van der Waals surface area contributed by atoms with Crippen LogP contribution in [0.3, 0.4) is 0 Å². The average molecular weight is 294 g/mol. The Hall–Kier alpha value is -1.95. The summed E-state index contributed by atoms with van der Waals surface area (Å²) in [6.45, 7) is 4.70. The fourth-order valence-electron chi connectivity index (χ4n) is 2.41. The second kappa shape index (κ2) is 6.67. The highest BCUT2D eigenvalue weighted by atomic mass is 19.1. The lowest BCUT2D eigenvalue weighted by atomic mass is 10.1. The number of rotatable bonds is 4. The van der Waals surface area contributed by atoms with Crippen molar-refractivity contribution in [2.75, 3.05) is 31.1 Å². The van der Waals surface area contributed by atoms with Crippen LogP contribution in [0.5, 0.6) is 0 Å². The van der Waals surface area contributed by atoms with E-state index in [1.54, 1.807) is 36.9 Å². The van der Waals surface area contributed by atoms with Crippen LogP contribution in [0, 0.1) is 5.82 Å². The minimum absolute atomic E-state index is 0.0753. The fraction of sp³-hybridized carbons (Fsp3) is 0.467. The summed E-state index contributed by atoms with van der Waals surface area (Å²) in [5.41, 5.74) is 0.283. The van der Waals surface area contributed by atoms with Crippen LogP contribution in [0.2, 0.25) is 0 Å². The SMILES string of the molecule is CCOC(=O)CN1CCN(c2ccccc2F)C(=O)[C@H]1C. The lowest BCUT2D eigenvalue weighted by molar-refractivity contribution is -0.145. The second-order valence-corrected chi connectivity index (χ2v) is 4.89. The molecule has 1 fully saturated rings. The van der Waals surface area contributed by atoms with Crippen LogP contribution in [0.25, 0.3) is 0 Å². The minimum Gasteiger partial charge on any atom is -0.465 e. The largest absolute Gasteiger partial charge is 0.465 e. The Kier molecular flexibility index (Phi) is 4.90. The number of anilines is 1. The quantitative estimate of drug-likeness (QED) is 0.788. The van der Waals surface area contributed by atoms with Gasteiger partial charge in [-0.2, -0.15) is 0 Å². The molecule has 0 radical (unpaired) electrons. The first kappa shape index (κ1) is 15.4. The third-order valence-electron chi connectivity index (χ3n) is 3.56. The van der Waals surface area contributed by atoms with Crippen molar-refractivity contribution in [1.29, 1.82) is 0 Å². The van der Waals surface area contributed by atoms with Gasteiger partial charge >= 0.3 is 5.97 Å². The number of hydrogen-bond donors (Lipinski definition) is 0. The molecule has 2 rings (SSSR count). The van der Waals surface area contributed by atoms with Gasteiger partial charge in [0.25, 0.3) is 0 Å². The number of esters is 1. The summed E-state index contributed by atoms with van der Waals surface area (Å²) in [6, 6.07) is 5.72. The van der Waals surface area contributed by atoms with E-state index in [0.717, 1.165) is 0 Å². The molecule has 114 valence electrons. The molecule has 1 amide bonds. The molecule has 1 saturated heterocycles. The molecule has 0 aromatic heterocycles. The normalized spacial score (nSPS) is 19.7. The Labute approximate surface area is 123 Å². The summed E-state index contributed by atoms with van der Waals surface area (Å²) in [6.07, 6.45) is 0. The van der Waals surface area contributed by atoms with Crippen molar-refractivity contribution < 1.29 is 18.7 Å². The number of carbonyl (C=O) groups excluding carboxylic acids is 2. The molecule has 1 aliphatic rings. The molecule has 0 aliphatic carbocycles. The first-order valence-corrected chi connectivity index (χ1v) is 7.00. The van der Waals surface area contributed by atoms with Crippen LogP contribution in [0.4, 0.5) is 10.1 Å². The van der Waals surface area contributed by atoms with E-state index in [1.165, 1.54) is 11.0 Å². The summed E-state index contributed by atoms with van der Waals surface area (Å²) in [5, 5.41) is 0. The number of piperazine rings is 1. The van der Waals surface area contributed by atoms with E-state index in [4.69, 9.17) is 4.74 Å². The predicted octanol–water partition coefficient (Wildman–Crippen LogP) is 1.43. The molecular formula is C15H19FN2O3. The molecular weight excluding hydrogens is 275 g/mol. The molecule has 0 N–H and O–H groups in total. The van der Waals surface area contributed by atoms with E-state index >= 15 is 0 Å². The molecule has 21 heavy (non-hydrogen) atoms. The van der Waals surface area contributed by atoms with Gasteiger partial charge in [-0.25, -0.2) is 4.39 Å². The number of hydrogen-bond acceptors (Lipinski definition) is 4. The molecule has 0 bridgehead atoms. The van der Waals surface area contributed by atoms with E-state index in [0.29, 0.717) is 19.7 Å². The number of halogens is 1. The number of nitrogens with zero attached hydrogens (tertiary/aromatic N) is 2. The van der Waals surface area contributed by atoms with E-state index in [1.807, 2.05) is 0 Å². The molecule has 0 saturated carbocycles. The van der Waals surface area contributed by atoms with Gasteiger partial charge in [0.2, 0.25) is 5.91 Å². The van der Waals surface area contributed by atoms with Crippen LogP contribution in [0.15, 0.2) is 24.3 Å². The van der Waals surface area contributed by atoms with E-state index in [9.17, 15) is 14.0 Å². The van der Waals surface area contributed by atoms with Gasteiger partial charge in [-0.05, 0) is 26.0 Å². The van der Waals surface area contributed by atoms with Gasteiger partial charge in [0.15, 0.2) is 0 Å². The zero-order chi connectivity index (χ0) is 15.4. The molecule has 1 heterocycles. The Morgan fingerprint density at radius 1 is 1.38 bits per heavy atom. The highest BCUT2D eigenvalue weighted by Crippen LogP contribution is 2.23. The van der Waals surface area contributed by atoms with Crippen LogP contribution in [-0.4, -0.2) is 49.1 Å². The Balaban J connectivity index is 2.08. The van der Waals surface area contributed by atoms with Gasteiger partial charge in [0, 0.05) is 13.1 Å². The maximum absolute atomic E-state index is 13.8. The minimum atomic E-state index is -0.484. The van der Waals surface area contributed by atoms with Gasteiger partial charge in [0.1, 0.15) is 5.82 Å². The van der Waals surface area contributed by atoms with Gasteiger partial charge in [-0.15, -0.1) is 0 Å². The van der Waals surface area contributed by atoms with Crippen LogP contribution in [-0.2, 0) is 14.3 Å². The van der Waals surface area contributed by atoms with Crippen molar-refractivity contribution in [3.63, 3.8) is 0 Å². The molecule has 0 unspecified atom stereocenters.